The molecule has 1 amide bonds. The van der Waals surface area contributed by atoms with Crippen LogP contribution in [0, 0.1) is 0 Å². The van der Waals surface area contributed by atoms with Crippen molar-refractivity contribution in [3.05, 3.63) is 35.4 Å². The first-order valence-corrected chi connectivity index (χ1v) is 7.80. The molecule has 1 atom stereocenters. The molecule has 0 aromatic heterocycles. The summed E-state index contributed by atoms with van der Waals surface area (Å²) >= 11 is 0. The Hall–Kier alpha value is -1.55. The summed E-state index contributed by atoms with van der Waals surface area (Å²) in [6.45, 7) is 13.0. The first kappa shape index (κ1) is 18.5. The van der Waals surface area contributed by atoms with Gasteiger partial charge in [-0.2, -0.15) is 0 Å². The van der Waals surface area contributed by atoms with Crippen LogP contribution in [0.25, 0.3) is 0 Å². The van der Waals surface area contributed by atoms with E-state index in [2.05, 4.69) is 44.3 Å². The molecule has 1 aromatic rings. The zero-order chi connectivity index (χ0) is 17.0. The fourth-order valence-corrected chi connectivity index (χ4v) is 2.12. The molecule has 1 aromatic carbocycles. The summed E-state index contributed by atoms with van der Waals surface area (Å²) in [5.74, 6) is 0.0785. The maximum Gasteiger partial charge on any atom is 0.407 e. The van der Waals surface area contributed by atoms with Gasteiger partial charge in [-0.1, -0.05) is 45.0 Å². The number of carbonyl (C=O) groups is 1. The molecule has 4 nitrogen and oxygen atoms in total. The summed E-state index contributed by atoms with van der Waals surface area (Å²) in [5.41, 5.74) is 7.89. The Bertz CT molecular complexity index is 499. The van der Waals surface area contributed by atoms with Gasteiger partial charge in [0, 0.05) is 19.0 Å². The standard InChI is InChI=1S/C18H30N2O2/c1-17(2,3)15-9-7-8-13(10-15)14(11-19)12-20-16(21)22-18(4,5)6/h7-10,14H,11-12,19H2,1-6H3,(H,20,21). The number of alkyl carbamates (subject to hydrolysis) is 1. The minimum Gasteiger partial charge on any atom is -0.444 e. The Kier molecular flexibility index (Phi) is 6.00. The Labute approximate surface area is 134 Å². The van der Waals surface area contributed by atoms with Crippen molar-refractivity contribution < 1.29 is 9.53 Å². The fourth-order valence-electron chi connectivity index (χ4n) is 2.12. The first-order valence-electron chi connectivity index (χ1n) is 7.80. The topological polar surface area (TPSA) is 64.3 Å². The maximum atomic E-state index is 11.8. The highest BCUT2D eigenvalue weighted by Crippen LogP contribution is 2.25. The van der Waals surface area contributed by atoms with E-state index < -0.39 is 11.7 Å². The van der Waals surface area contributed by atoms with E-state index in [9.17, 15) is 4.79 Å². The predicted octanol–water partition coefficient (Wildman–Crippen LogP) is 3.55. The van der Waals surface area contributed by atoms with Crippen molar-refractivity contribution in [1.82, 2.24) is 5.32 Å². The van der Waals surface area contributed by atoms with Crippen molar-refractivity contribution in [2.24, 2.45) is 5.73 Å². The number of amides is 1. The van der Waals surface area contributed by atoms with E-state index in [1.54, 1.807) is 0 Å². The largest absolute Gasteiger partial charge is 0.444 e. The predicted molar refractivity (Wildman–Crippen MR) is 91.2 cm³/mol. The molecule has 0 aliphatic heterocycles. The van der Waals surface area contributed by atoms with Gasteiger partial charge in [-0.25, -0.2) is 4.79 Å². The van der Waals surface area contributed by atoms with E-state index in [0.717, 1.165) is 5.56 Å². The highest BCUT2D eigenvalue weighted by molar-refractivity contribution is 5.67. The summed E-state index contributed by atoms with van der Waals surface area (Å²) in [6, 6.07) is 8.41. The lowest BCUT2D eigenvalue weighted by Crippen LogP contribution is -2.36. The van der Waals surface area contributed by atoms with E-state index in [-0.39, 0.29) is 11.3 Å². The van der Waals surface area contributed by atoms with Gasteiger partial charge in [0.15, 0.2) is 0 Å². The Morgan fingerprint density at radius 1 is 1.23 bits per heavy atom. The van der Waals surface area contributed by atoms with Crippen LogP contribution in [0.5, 0.6) is 0 Å². The van der Waals surface area contributed by atoms with Crippen LogP contribution in [0.3, 0.4) is 0 Å². The van der Waals surface area contributed by atoms with Crippen LogP contribution in [0.15, 0.2) is 24.3 Å². The molecule has 1 rings (SSSR count). The third kappa shape index (κ3) is 6.06. The number of hydrogen-bond acceptors (Lipinski definition) is 3. The highest BCUT2D eigenvalue weighted by atomic mass is 16.6. The Balaban J connectivity index is 2.75. The van der Waals surface area contributed by atoms with Gasteiger partial charge < -0.3 is 15.8 Å². The molecule has 0 saturated carbocycles. The lowest BCUT2D eigenvalue weighted by Gasteiger charge is -2.23. The third-order valence-electron chi connectivity index (χ3n) is 3.40. The average Bonchev–Trinajstić information content (AvgIpc) is 2.36. The number of benzene rings is 1. The van der Waals surface area contributed by atoms with Gasteiger partial charge >= 0.3 is 6.09 Å². The lowest BCUT2D eigenvalue weighted by atomic mass is 9.84. The molecule has 4 heteroatoms. The molecule has 0 bridgehead atoms. The van der Waals surface area contributed by atoms with Crippen LogP contribution in [0.1, 0.15) is 58.6 Å². The number of carbonyl (C=O) groups excluding carboxylic acids is 1. The summed E-state index contributed by atoms with van der Waals surface area (Å²) in [6.07, 6.45) is -0.405. The molecular formula is C18H30N2O2. The number of hydrogen-bond donors (Lipinski definition) is 2. The molecule has 0 spiro atoms. The fraction of sp³-hybridized carbons (Fsp3) is 0.611. The van der Waals surface area contributed by atoms with Gasteiger partial charge in [0.2, 0.25) is 0 Å². The van der Waals surface area contributed by atoms with E-state index in [1.165, 1.54) is 5.56 Å². The number of ether oxygens (including phenoxy) is 1. The normalized spacial score (nSPS) is 13.6. The van der Waals surface area contributed by atoms with Gasteiger partial charge in [-0.15, -0.1) is 0 Å². The van der Waals surface area contributed by atoms with Gasteiger partial charge in [0.1, 0.15) is 5.60 Å². The van der Waals surface area contributed by atoms with Crippen molar-refractivity contribution >= 4 is 6.09 Å². The molecular weight excluding hydrogens is 276 g/mol. The maximum absolute atomic E-state index is 11.8. The summed E-state index contributed by atoms with van der Waals surface area (Å²) in [7, 11) is 0. The zero-order valence-electron chi connectivity index (χ0n) is 14.7. The molecule has 0 aliphatic rings. The quantitative estimate of drug-likeness (QED) is 0.894. The second-order valence-electron chi connectivity index (χ2n) is 7.69. The van der Waals surface area contributed by atoms with E-state index in [1.807, 2.05) is 26.8 Å². The minimum atomic E-state index is -0.492. The van der Waals surface area contributed by atoms with Crippen molar-refractivity contribution in [2.75, 3.05) is 13.1 Å². The van der Waals surface area contributed by atoms with Crippen LogP contribution < -0.4 is 11.1 Å². The average molecular weight is 306 g/mol. The number of nitrogens with two attached hydrogens (primary N) is 1. The van der Waals surface area contributed by atoms with Gasteiger partial charge in [0.05, 0.1) is 0 Å². The molecule has 0 saturated heterocycles. The second-order valence-corrected chi connectivity index (χ2v) is 7.69. The molecule has 124 valence electrons. The van der Waals surface area contributed by atoms with Crippen LogP contribution in [-0.4, -0.2) is 24.8 Å². The molecule has 0 aliphatic carbocycles. The molecule has 0 heterocycles. The van der Waals surface area contributed by atoms with Gasteiger partial charge in [0.25, 0.3) is 0 Å². The number of nitrogens with one attached hydrogen (secondary N) is 1. The highest BCUT2D eigenvalue weighted by Gasteiger charge is 2.19. The van der Waals surface area contributed by atoms with Gasteiger partial charge in [-0.05, 0) is 37.3 Å². The van der Waals surface area contributed by atoms with Crippen LogP contribution >= 0.6 is 0 Å². The van der Waals surface area contributed by atoms with E-state index >= 15 is 0 Å². The first-order chi connectivity index (χ1) is 10.0. The SMILES string of the molecule is CC(C)(C)OC(=O)NCC(CN)c1cccc(C(C)(C)C)c1. The minimum absolute atomic E-state index is 0.0785. The Morgan fingerprint density at radius 2 is 1.86 bits per heavy atom. The smallest absolute Gasteiger partial charge is 0.407 e. The second kappa shape index (κ2) is 7.14. The van der Waals surface area contributed by atoms with Gasteiger partial charge in [-0.3, -0.25) is 0 Å². The zero-order valence-corrected chi connectivity index (χ0v) is 14.7. The third-order valence-corrected chi connectivity index (χ3v) is 3.40. The van der Waals surface area contributed by atoms with Crippen molar-refractivity contribution in [3.8, 4) is 0 Å². The number of rotatable bonds is 4. The molecule has 22 heavy (non-hydrogen) atoms. The summed E-state index contributed by atoms with van der Waals surface area (Å²) < 4.78 is 5.26. The molecule has 0 radical (unpaired) electrons. The van der Waals surface area contributed by atoms with Crippen LogP contribution in [0.2, 0.25) is 0 Å². The van der Waals surface area contributed by atoms with E-state index in [0.29, 0.717) is 13.1 Å². The molecule has 3 N–H and O–H groups in total. The molecule has 1 unspecified atom stereocenters. The summed E-state index contributed by atoms with van der Waals surface area (Å²) in [4.78, 5) is 11.8. The monoisotopic (exact) mass is 306 g/mol. The van der Waals surface area contributed by atoms with Crippen LogP contribution in [-0.2, 0) is 10.2 Å². The van der Waals surface area contributed by atoms with E-state index in [4.69, 9.17) is 10.5 Å². The van der Waals surface area contributed by atoms with Crippen molar-refractivity contribution in [3.63, 3.8) is 0 Å². The van der Waals surface area contributed by atoms with Crippen molar-refractivity contribution in [1.29, 1.82) is 0 Å². The lowest BCUT2D eigenvalue weighted by molar-refractivity contribution is 0.0525. The Morgan fingerprint density at radius 3 is 2.36 bits per heavy atom. The van der Waals surface area contributed by atoms with Crippen molar-refractivity contribution in [2.45, 2.75) is 58.5 Å². The molecule has 0 fully saturated rings. The van der Waals surface area contributed by atoms with Crippen LogP contribution in [0.4, 0.5) is 4.79 Å². The summed E-state index contributed by atoms with van der Waals surface area (Å²) in [5, 5.41) is 2.81.